The lowest BCUT2D eigenvalue weighted by Crippen LogP contribution is -2.54. The van der Waals surface area contributed by atoms with Gasteiger partial charge in [-0.15, -0.1) is 0 Å². The number of hydrogen-bond donors (Lipinski definition) is 2. The lowest BCUT2D eigenvalue weighted by atomic mass is 9.53. The number of nitrogens with zero attached hydrogens (tertiary/aromatic N) is 2. The lowest BCUT2D eigenvalue weighted by Gasteiger charge is -2.57. The van der Waals surface area contributed by atoms with Crippen LogP contribution in [0.5, 0.6) is 0 Å². The Morgan fingerprint density at radius 3 is 2.28 bits per heavy atom. The molecule has 4 bridgehead atoms. The van der Waals surface area contributed by atoms with Gasteiger partial charge in [-0.25, -0.2) is 9.97 Å². The molecule has 1 aromatic rings. The van der Waals surface area contributed by atoms with E-state index in [-0.39, 0.29) is 5.54 Å². The largest absolute Gasteiger partial charge is 0.382 e. The molecule has 1 aromatic heterocycles. The van der Waals surface area contributed by atoms with Crippen LogP contribution in [-0.4, -0.2) is 15.5 Å². The van der Waals surface area contributed by atoms with Gasteiger partial charge in [-0.2, -0.15) is 0 Å². The maximum Gasteiger partial charge on any atom is 0.150 e. The summed E-state index contributed by atoms with van der Waals surface area (Å²) in [6.07, 6.45) is 11.7. The van der Waals surface area contributed by atoms with E-state index in [1.54, 1.807) is 0 Å². The van der Waals surface area contributed by atoms with Crippen molar-refractivity contribution in [3.05, 3.63) is 12.5 Å². The molecule has 0 amide bonds. The van der Waals surface area contributed by atoms with E-state index in [4.69, 9.17) is 5.73 Å². The van der Waals surface area contributed by atoms with Gasteiger partial charge in [0.05, 0.1) is 11.9 Å². The van der Waals surface area contributed by atoms with Crippen LogP contribution in [0.25, 0.3) is 0 Å². The third kappa shape index (κ3) is 1.58. The van der Waals surface area contributed by atoms with Crippen molar-refractivity contribution in [3.63, 3.8) is 0 Å². The smallest absolute Gasteiger partial charge is 0.150 e. The van der Waals surface area contributed by atoms with E-state index in [2.05, 4.69) is 15.3 Å². The van der Waals surface area contributed by atoms with E-state index in [1.165, 1.54) is 44.9 Å². The first-order chi connectivity index (χ1) is 8.72. The predicted octanol–water partition coefficient (Wildman–Crippen LogP) is 2.44. The number of nitrogens with one attached hydrogen (secondary N) is 1. The number of nitrogen functional groups attached to an aromatic ring is 1. The van der Waals surface area contributed by atoms with Crippen LogP contribution < -0.4 is 11.1 Å². The standard InChI is InChI=1S/C14H20N4/c15-13-12(7-16-8-17-13)18-14-4-9-1-10(5-14)3-11(2-9)6-14/h7-11,18H,1-6H2,(H2,15,16,17). The Balaban J connectivity index is 1.63. The van der Waals surface area contributed by atoms with Crippen LogP contribution in [0.1, 0.15) is 38.5 Å². The Labute approximate surface area is 107 Å². The van der Waals surface area contributed by atoms with E-state index in [0.717, 1.165) is 23.4 Å². The van der Waals surface area contributed by atoms with Gasteiger partial charge in [0, 0.05) is 5.54 Å². The van der Waals surface area contributed by atoms with Crippen molar-refractivity contribution >= 4 is 11.5 Å². The molecule has 4 aliphatic rings. The van der Waals surface area contributed by atoms with Crippen LogP contribution in [0.2, 0.25) is 0 Å². The van der Waals surface area contributed by atoms with E-state index >= 15 is 0 Å². The summed E-state index contributed by atoms with van der Waals surface area (Å²) in [7, 11) is 0. The second-order valence-electron chi connectivity index (χ2n) is 6.64. The molecule has 0 spiro atoms. The number of aromatic nitrogens is 2. The molecule has 4 nitrogen and oxygen atoms in total. The average Bonchev–Trinajstić information content (AvgIpc) is 2.30. The van der Waals surface area contributed by atoms with Crippen LogP contribution in [0.15, 0.2) is 12.5 Å². The molecule has 4 saturated carbocycles. The molecule has 0 atom stereocenters. The summed E-state index contributed by atoms with van der Waals surface area (Å²) >= 11 is 0. The average molecular weight is 244 g/mol. The third-order valence-electron chi connectivity index (χ3n) is 5.18. The molecule has 0 unspecified atom stereocenters. The van der Waals surface area contributed by atoms with Gasteiger partial charge in [0.25, 0.3) is 0 Å². The van der Waals surface area contributed by atoms with E-state index in [1.807, 2.05) is 6.20 Å². The minimum absolute atomic E-state index is 0.285. The minimum Gasteiger partial charge on any atom is -0.382 e. The molecule has 5 rings (SSSR count). The molecule has 1 heterocycles. The van der Waals surface area contributed by atoms with Crippen LogP contribution in [0, 0.1) is 17.8 Å². The third-order valence-corrected chi connectivity index (χ3v) is 5.18. The second-order valence-corrected chi connectivity index (χ2v) is 6.64. The van der Waals surface area contributed by atoms with Crippen molar-refractivity contribution in [3.8, 4) is 0 Å². The molecular formula is C14H20N4. The Hall–Kier alpha value is -1.32. The number of nitrogens with two attached hydrogens (primary N) is 1. The highest BCUT2D eigenvalue weighted by Gasteiger charge is 2.51. The maximum atomic E-state index is 5.94. The first-order valence-corrected chi connectivity index (χ1v) is 7.06. The summed E-state index contributed by atoms with van der Waals surface area (Å²) in [6, 6.07) is 0. The normalized spacial score (nSPS) is 41.0. The quantitative estimate of drug-likeness (QED) is 0.838. The zero-order valence-electron chi connectivity index (χ0n) is 10.6. The maximum absolute atomic E-state index is 5.94. The number of hydrogen-bond acceptors (Lipinski definition) is 4. The molecule has 4 heteroatoms. The van der Waals surface area contributed by atoms with Gasteiger partial charge in [0.2, 0.25) is 0 Å². The van der Waals surface area contributed by atoms with E-state index < -0.39 is 0 Å². The summed E-state index contributed by atoms with van der Waals surface area (Å²) in [5.41, 5.74) is 7.15. The van der Waals surface area contributed by atoms with Crippen molar-refractivity contribution in [2.24, 2.45) is 17.8 Å². The minimum atomic E-state index is 0.285. The van der Waals surface area contributed by atoms with E-state index in [9.17, 15) is 0 Å². The lowest BCUT2D eigenvalue weighted by molar-refractivity contribution is 0.0107. The molecule has 4 fully saturated rings. The summed E-state index contributed by atoms with van der Waals surface area (Å²) in [5, 5.41) is 3.70. The molecule has 18 heavy (non-hydrogen) atoms. The van der Waals surface area contributed by atoms with Gasteiger partial charge < -0.3 is 11.1 Å². The van der Waals surface area contributed by atoms with Gasteiger partial charge >= 0.3 is 0 Å². The van der Waals surface area contributed by atoms with Gasteiger partial charge in [-0.1, -0.05) is 0 Å². The Morgan fingerprint density at radius 1 is 1.11 bits per heavy atom. The zero-order chi connectivity index (χ0) is 12.2. The van der Waals surface area contributed by atoms with E-state index in [0.29, 0.717) is 5.82 Å². The molecule has 0 saturated heterocycles. The highest BCUT2D eigenvalue weighted by atomic mass is 15.1. The molecule has 3 N–H and O–H groups in total. The summed E-state index contributed by atoms with van der Waals surface area (Å²) in [5.74, 6) is 3.40. The second kappa shape index (κ2) is 3.59. The summed E-state index contributed by atoms with van der Waals surface area (Å²) in [6.45, 7) is 0. The molecule has 0 radical (unpaired) electrons. The zero-order valence-corrected chi connectivity index (χ0v) is 10.6. The summed E-state index contributed by atoms with van der Waals surface area (Å²) in [4.78, 5) is 8.17. The summed E-state index contributed by atoms with van der Waals surface area (Å²) < 4.78 is 0. The fourth-order valence-corrected chi connectivity index (χ4v) is 4.98. The number of anilines is 2. The van der Waals surface area contributed by atoms with Crippen molar-refractivity contribution < 1.29 is 0 Å². The Bertz CT molecular complexity index is 435. The first-order valence-electron chi connectivity index (χ1n) is 7.06. The molecule has 96 valence electrons. The molecule has 0 aliphatic heterocycles. The SMILES string of the molecule is Nc1ncncc1NC12CC3CC(CC(C3)C1)C2. The van der Waals surface area contributed by atoms with Crippen LogP contribution >= 0.6 is 0 Å². The fraction of sp³-hybridized carbons (Fsp3) is 0.714. The Kier molecular flexibility index (Phi) is 2.11. The molecule has 0 aromatic carbocycles. The van der Waals surface area contributed by atoms with Crippen LogP contribution in [0.4, 0.5) is 11.5 Å². The molecule has 4 aliphatic carbocycles. The fourth-order valence-electron chi connectivity index (χ4n) is 4.98. The topological polar surface area (TPSA) is 63.8 Å². The highest BCUT2D eigenvalue weighted by Crippen LogP contribution is 2.56. The Morgan fingerprint density at radius 2 is 1.72 bits per heavy atom. The van der Waals surface area contributed by atoms with Crippen molar-refractivity contribution in [1.82, 2.24) is 9.97 Å². The first kappa shape index (κ1) is 10.6. The van der Waals surface area contributed by atoms with Gasteiger partial charge in [0.1, 0.15) is 12.1 Å². The van der Waals surface area contributed by atoms with Crippen LogP contribution in [0.3, 0.4) is 0 Å². The number of rotatable bonds is 2. The monoisotopic (exact) mass is 244 g/mol. The molecular weight excluding hydrogens is 224 g/mol. The van der Waals surface area contributed by atoms with Crippen molar-refractivity contribution in [1.29, 1.82) is 0 Å². The van der Waals surface area contributed by atoms with Crippen LogP contribution in [-0.2, 0) is 0 Å². The van der Waals surface area contributed by atoms with Gasteiger partial charge in [0.15, 0.2) is 0 Å². The van der Waals surface area contributed by atoms with Crippen molar-refractivity contribution in [2.75, 3.05) is 11.1 Å². The van der Waals surface area contributed by atoms with Crippen molar-refractivity contribution in [2.45, 2.75) is 44.1 Å². The highest BCUT2D eigenvalue weighted by molar-refractivity contribution is 5.61. The van der Waals surface area contributed by atoms with Gasteiger partial charge in [-0.3, -0.25) is 0 Å². The van der Waals surface area contributed by atoms with Gasteiger partial charge in [-0.05, 0) is 56.3 Å². The predicted molar refractivity (Wildman–Crippen MR) is 71.0 cm³/mol.